The minimum atomic E-state index is 0. The van der Waals surface area contributed by atoms with E-state index in [0.29, 0.717) is 0 Å². The summed E-state index contributed by atoms with van der Waals surface area (Å²) in [4.78, 5) is 4.04. The van der Waals surface area contributed by atoms with Crippen LogP contribution in [0.2, 0.25) is 0 Å². The van der Waals surface area contributed by atoms with E-state index in [4.69, 9.17) is 0 Å². The zero-order chi connectivity index (χ0) is 6.97. The maximum Gasteiger partial charge on any atom is 0.0413 e. The molecule has 2 aromatic heterocycles. The van der Waals surface area contributed by atoms with Crippen LogP contribution in [-0.2, 0) is 0 Å². The Morgan fingerprint density at radius 3 is 3.00 bits per heavy atom. The molecular weight excluding hydrogens is 345 g/mol. The van der Waals surface area contributed by atoms with Crippen LogP contribution in [0.25, 0.3) is 11.0 Å². The van der Waals surface area contributed by atoms with E-state index >= 15 is 0 Å². The summed E-state index contributed by atoms with van der Waals surface area (Å²) in [6, 6.07) is 1.91. The van der Waals surface area contributed by atoms with Gasteiger partial charge in [0.15, 0.2) is 0 Å². The van der Waals surface area contributed by atoms with Crippen LogP contribution in [0.5, 0.6) is 0 Å². The van der Waals surface area contributed by atoms with Gasteiger partial charge >= 0.3 is 0 Å². The second-order valence-electron chi connectivity index (χ2n) is 1.89. The fourth-order valence-electron chi connectivity index (χ4n) is 0.755. The largest absolute Gasteiger partial charge is 0.358 e. The van der Waals surface area contributed by atoms with Gasteiger partial charge in [-0.15, -0.1) is 11.5 Å². The summed E-state index contributed by atoms with van der Waals surface area (Å²) < 4.78 is 0.942. The Hall–Kier alpha value is 0.295. The van der Waals surface area contributed by atoms with E-state index in [1.54, 1.807) is 6.20 Å². The topological polar surface area (TPSA) is 41.6 Å². The summed E-state index contributed by atoms with van der Waals surface area (Å²) in [6.45, 7) is 0. The number of aromatic amines is 1. The van der Waals surface area contributed by atoms with Crippen molar-refractivity contribution in [3.63, 3.8) is 0 Å². The Bertz CT molecular complexity index is 360. The molecule has 0 aromatic carbocycles. The van der Waals surface area contributed by atoms with Crippen molar-refractivity contribution in [3.8, 4) is 0 Å². The fraction of sp³-hybridized carbons (Fsp3) is 0. The predicted molar refractivity (Wildman–Crippen MR) is 46.8 cm³/mol. The molecule has 1 N–H and O–H groups in total. The van der Waals surface area contributed by atoms with Crippen LogP contribution in [0.4, 0.5) is 0 Å². The molecule has 0 aliphatic rings. The molecule has 0 saturated heterocycles. The Labute approximate surface area is 107 Å². The molecule has 12 heavy (non-hydrogen) atoms. The predicted octanol–water partition coefficient (Wildman–Crippen LogP) is 1.97. The molecule has 2 rings (SSSR count). The SMILES string of the molecule is Brc1cnc2[nH]n[c-]c2c1.[CH3-].[La]. The summed E-state index contributed by atoms with van der Waals surface area (Å²) >= 11 is 3.29. The third-order valence-corrected chi connectivity index (χ3v) is 1.63. The molecule has 0 aliphatic heterocycles. The van der Waals surface area contributed by atoms with Crippen LogP contribution >= 0.6 is 15.9 Å². The molecular formula is C7H6BrLaN3-2. The summed E-state index contributed by atoms with van der Waals surface area (Å²) in [5.41, 5.74) is 0.767. The average molecular weight is 351 g/mol. The molecule has 5 heteroatoms. The van der Waals surface area contributed by atoms with Crippen molar-refractivity contribution < 1.29 is 35.6 Å². The number of aromatic nitrogens is 3. The molecule has 0 atom stereocenters. The van der Waals surface area contributed by atoms with Crippen LogP contribution in [0.15, 0.2) is 16.7 Å². The van der Waals surface area contributed by atoms with E-state index in [-0.39, 0.29) is 43.0 Å². The van der Waals surface area contributed by atoms with Gasteiger partial charge in [0.1, 0.15) is 0 Å². The smallest absolute Gasteiger partial charge is 0.0413 e. The minimum Gasteiger partial charge on any atom is -0.358 e. The van der Waals surface area contributed by atoms with Crippen molar-refractivity contribution in [2.24, 2.45) is 0 Å². The van der Waals surface area contributed by atoms with Gasteiger partial charge < -0.3 is 17.5 Å². The number of rotatable bonds is 0. The van der Waals surface area contributed by atoms with Crippen LogP contribution in [0.1, 0.15) is 0 Å². The molecule has 0 saturated carbocycles. The van der Waals surface area contributed by atoms with E-state index in [1.807, 2.05) is 6.07 Å². The van der Waals surface area contributed by atoms with Gasteiger partial charge in [0, 0.05) is 47.4 Å². The van der Waals surface area contributed by atoms with E-state index in [1.165, 1.54) is 0 Å². The molecule has 0 bridgehead atoms. The Morgan fingerprint density at radius 1 is 1.50 bits per heavy atom. The van der Waals surface area contributed by atoms with Crippen molar-refractivity contribution in [1.82, 2.24) is 15.2 Å². The molecule has 2 aromatic rings. The molecule has 0 spiro atoms. The number of nitrogens with zero attached hydrogens (tertiary/aromatic N) is 2. The number of pyridine rings is 1. The van der Waals surface area contributed by atoms with Gasteiger partial charge in [-0.1, -0.05) is 15.9 Å². The summed E-state index contributed by atoms with van der Waals surface area (Å²) in [5, 5.41) is 7.32. The van der Waals surface area contributed by atoms with Crippen LogP contribution in [0, 0.1) is 49.2 Å². The normalized spacial score (nSPS) is 8.75. The monoisotopic (exact) mass is 350 g/mol. The quantitative estimate of drug-likeness (QED) is 0.738. The molecule has 3 nitrogen and oxygen atoms in total. The molecule has 2 heterocycles. The first kappa shape index (κ1) is 12.3. The minimum absolute atomic E-state index is 0. The van der Waals surface area contributed by atoms with Gasteiger partial charge in [-0.05, 0) is 10.7 Å². The third kappa shape index (κ3) is 2.39. The van der Waals surface area contributed by atoms with E-state index < -0.39 is 0 Å². The fourth-order valence-corrected chi connectivity index (χ4v) is 1.09. The molecule has 1 radical (unpaired) electrons. The molecule has 0 amide bonds. The summed E-state index contributed by atoms with van der Waals surface area (Å²) in [6.07, 6.45) is 4.48. The van der Waals surface area contributed by atoms with Gasteiger partial charge in [-0.25, -0.2) is 0 Å². The van der Waals surface area contributed by atoms with Gasteiger partial charge in [-0.2, -0.15) is 0 Å². The van der Waals surface area contributed by atoms with Crippen LogP contribution in [-0.4, -0.2) is 15.2 Å². The number of fused-ring (bicyclic) bond motifs is 1. The van der Waals surface area contributed by atoms with Gasteiger partial charge in [-0.3, -0.25) is 5.10 Å². The van der Waals surface area contributed by atoms with Crippen molar-refractivity contribution in [2.75, 3.05) is 0 Å². The molecule has 0 aliphatic carbocycles. The second kappa shape index (κ2) is 5.12. The van der Waals surface area contributed by atoms with Crippen molar-refractivity contribution in [3.05, 3.63) is 30.4 Å². The van der Waals surface area contributed by atoms with Crippen molar-refractivity contribution in [2.45, 2.75) is 0 Å². The van der Waals surface area contributed by atoms with Crippen LogP contribution < -0.4 is 0 Å². The summed E-state index contributed by atoms with van der Waals surface area (Å²) in [7, 11) is 0. The number of hydrogen-bond acceptors (Lipinski definition) is 2. The Balaban J connectivity index is 0.000000605. The van der Waals surface area contributed by atoms with E-state index in [2.05, 4.69) is 37.3 Å². The third-order valence-electron chi connectivity index (χ3n) is 1.19. The zero-order valence-corrected chi connectivity index (χ0v) is 11.7. The maximum absolute atomic E-state index is 4.04. The van der Waals surface area contributed by atoms with Crippen molar-refractivity contribution >= 4 is 27.0 Å². The number of hydrogen-bond donors (Lipinski definition) is 1. The number of nitrogens with one attached hydrogen (secondary N) is 1. The molecule has 0 fully saturated rings. The number of H-pyrrole nitrogens is 1. The van der Waals surface area contributed by atoms with E-state index in [9.17, 15) is 0 Å². The average Bonchev–Trinajstić information content (AvgIpc) is 2.33. The first-order valence-corrected chi connectivity index (χ1v) is 3.53. The first-order chi connectivity index (χ1) is 4.86. The number of halogens is 1. The van der Waals surface area contributed by atoms with Gasteiger partial charge in [0.2, 0.25) is 0 Å². The maximum atomic E-state index is 4.04. The first-order valence-electron chi connectivity index (χ1n) is 2.73. The van der Waals surface area contributed by atoms with Gasteiger partial charge in [0.25, 0.3) is 0 Å². The zero-order valence-electron chi connectivity index (χ0n) is 6.50. The van der Waals surface area contributed by atoms with Gasteiger partial charge in [0.05, 0.1) is 0 Å². The Morgan fingerprint density at radius 2 is 2.25 bits per heavy atom. The van der Waals surface area contributed by atoms with Crippen LogP contribution in [0.3, 0.4) is 0 Å². The summed E-state index contributed by atoms with van der Waals surface area (Å²) in [5.74, 6) is 0. The van der Waals surface area contributed by atoms with E-state index in [0.717, 1.165) is 15.5 Å². The molecule has 61 valence electrons. The molecule has 0 unspecified atom stereocenters. The standard InChI is InChI=1S/C6H3BrN3.CH3.La/c7-5-1-4-2-9-10-6(4)8-3-5;;/h1,3H,(H,8,9,10);1H3;/q2*-1;. The van der Waals surface area contributed by atoms with Crippen molar-refractivity contribution in [1.29, 1.82) is 0 Å². The Kier molecular flexibility index (Phi) is 5.24. The second-order valence-corrected chi connectivity index (χ2v) is 2.80.